The molecule has 0 aliphatic heterocycles. The van der Waals surface area contributed by atoms with E-state index in [-0.39, 0.29) is 23.8 Å². The zero-order valence-corrected chi connectivity index (χ0v) is 28.6. The quantitative estimate of drug-likeness (QED) is 0.0814. The lowest BCUT2D eigenvalue weighted by atomic mass is 9.83. The highest BCUT2D eigenvalue weighted by Crippen LogP contribution is 2.34. The van der Waals surface area contributed by atoms with Gasteiger partial charge in [-0.05, 0) is 54.7 Å². The number of aliphatic hydroxyl groups excluding tert-OH is 1. The average molecular weight is 603 g/mol. The van der Waals surface area contributed by atoms with E-state index in [1.807, 2.05) is 6.92 Å². The van der Waals surface area contributed by atoms with Gasteiger partial charge in [0.15, 0.2) is 5.78 Å². The molecule has 1 unspecified atom stereocenters. The molecule has 0 heterocycles. The maximum atomic E-state index is 12.2. The fourth-order valence-corrected chi connectivity index (χ4v) is 5.70. The Kier molecular flexibility index (Phi) is 21.4. The lowest BCUT2D eigenvalue weighted by Crippen LogP contribution is -2.27. The Labute approximate surface area is 264 Å². The van der Waals surface area contributed by atoms with Crippen LogP contribution in [0.2, 0.25) is 0 Å². The summed E-state index contributed by atoms with van der Waals surface area (Å²) in [5.74, 6) is -0.170. The Hall–Kier alpha value is -1.88. The van der Waals surface area contributed by atoms with Crippen molar-refractivity contribution >= 4 is 11.8 Å². The van der Waals surface area contributed by atoms with E-state index in [0.29, 0.717) is 18.6 Å². The standard InChI is InChI=1S/C38H66O5/c1-6-7-8-9-10-11-12-13-14-15-16-17-18-19-23-26-34(39)35(40)30-43-36(41)27-24-21-20-22-25-32-28-31(2)37(42)33(29-32)38(3,4)5/h28-29,35,40,42H,6-27,30H2,1-5H3. The Morgan fingerprint density at radius 2 is 1.19 bits per heavy atom. The normalized spacial score (nSPS) is 12.4. The van der Waals surface area contributed by atoms with Crippen molar-refractivity contribution in [2.24, 2.45) is 0 Å². The second kappa shape index (κ2) is 23.5. The third-order valence-corrected chi connectivity index (χ3v) is 8.57. The molecule has 0 aliphatic carbocycles. The minimum absolute atomic E-state index is 0.102. The van der Waals surface area contributed by atoms with E-state index in [4.69, 9.17) is 4.74 Å². The molecule has 0 radical (unpaired) electrons. The number of unbranched alkanes of at least 4 members (excludes halogenated alkanes) is 17. The molecule has 0 bridgehead atoms. The summed E-state index contributed by atoms with van der Waals surface area (Å²) in [6, 6.07) is 4.18. The molecule has 0 aromatic heterocycles. The second-order valence-corrected chi connectivity index (χ2v) is 13.8. The molecule has 0 fully saturated rings. The molecule has 0 spiro atoms. The van der Waals surface area contributed by atoms with Gasteiger partial charge in [0.2, 0.25) is 0 Å². The maximum absolute atomic E-state index is 12.2. The van der Waals surface area contributed by atoms with Crippen molar-refractivity contribution in [2.75, 3.05) is 6.61 Å². The minimum Gasteiger partial charge on any atom is -0.507 e. The highest BCUT2D eigenvalue weighted by molar-refractivity contribution is 5.83. The summed E-state index contributed by atoms with van der Waals surface area (Å²) in [5.41, 5.74) is 3.04. The van der Waals surface area contributed by atoms with Crippen LogP contribution in [-0.4, -0.2) is 34.7 Å². The largest absolute Gasteiger partial charge is 0.507 e. The number of carbonyl (C=O) groups is 2. The van der Waals surface area contributed by atoms with Gasteiger partial charge < -0.3 is 14.9 Å². The van der Waals surface area contributed by atoms with E-state index >= 15 is 0 Å². The summed E-state index contributed by atoms with van der Waals surface area (Å²) in [5, 5.41) is 20.5. The molecule has 5 nitrogen and oxygen atoms in total. The van der Waals surface area contributed by atoms with Gasteiger partial charge in [0.25, 0.3) is 0 Å². The van der Waals surface area contributed by atoms with Crippen LogP contribution in [0.4, 0.5) is 0 Å². The van der Waals surface area contributed by atoms with Crippen LogP contribution in [-0.2, 0) is 26.2 Å². The molecule has 43 heavy (non-hydrogen) atoms. The number of benzene rings is 1. The van der Waals surface area contributed by atoms with Crippen molar-refractivity contribution in [3.05, 3.63) is 28.8 Å². The molecule has 1 rings (SSSR count). The topological polar surface area (TPSA) is 83.8 Å². The van der Waals surface area contributed by atoms with Crippen LogP contribution in [0.3, 0.4) is 0 Å². The van der Waals surface area contributed by atoms with Crippen LogP contribution >= 0.6 is 0 Å². The Morgan fingerprint density at radius 1 is 0.721 bits per heavy atom. The van der Waals surface area contributed by atoms with E-state index in [0.717, 1.165) is 62.5 Å². The van der Waals surface area contributed by atoms with Crippen molar-refractivity contribution in [1.29, 1.82) is 0 Å². The van der Waals surface area contributed by atoms with Crippen molar-refractivity contribution in [1.82, 2.24) is 0 Å². The highest BCUT2D eigenvalue weighted by atomic mass is 16.5. The van der Waals surface area contributed by atoms with Crippen LogP contribution in [0.15, 0.2) is 12.1 Å². The van der Waals surface area contributed by atoms with Crippen LogP contribution in [0.25, 0.3) is 0 Å². The molecule has 0 aliphatic rings. The minimum atomic E-state index is -1.21. The summed E-state index contributed by atoms with van der Waals surface area (Å²) >= 11 is 0. The first-order valence-electron chi connectivity index (χ1n) is 17.8. The molecule has 1 aromatic carbocycles. The first-order valence-corrected chi connectivity index (χ1v) is 17.8. The highest BCUT2D eigenvalue weighted by Gasteiger charge is 2.20. The summed E-state index contributed by atoms with van der Waals surface area (Å²) in [6.07, 6.45) is 23.3. The molecule has 2 N–H and O–H groups in total. The van der Waals surface area contributed by atoms with Gasteiger partial charge in [-0.3, -0.25) is 9.59 Å². The number of ketones is 1. The van der Waals surface area contributed by atoms with Gasteiger partial charge in [-0.15, -0.1) is 0 Å². The Bertz CT molecular complexity index is 885. The van der Waals surface area contributed by atoms with E-state index in [1.165, 1.54) is 82.6 Å². The SMILES string of the molecule is CCCCCCCCCCCCCCCCCC(=O)C(O)COC(=O)CCCCCCc1cc(C)c(O)c(C(C)(C)C)c1. The van der Waals surface area contributed by atoms with Gasteiger partial charge >= 0.3 is 5.97 Å². The number of hydrogen-bond donors (Lipinski definition) is 2. The number of phenolic OH excluding ortho intramolecular Hbond substituents is 1. The van der Waals surface area contributed by atoms with Gasteiger partial charge in [0, 0.05) is 12.8 Å². The van der Waals surface area contributed by atoms with Crippen LogP contribution in [0.5, 0.6) is 5.75 Å². The number of aromatic hydroxyl groups is 1. The summed E-state index contributed by atoms with van der Waals surface area (Å²) in [7, 11) is 0. The van der Waals surface area contributed by atoms with Crippen molar-refractivity contribution in [3.8, 4) is 5.75 Å². The number of carbonyl (C=O) groups excluding carboxylic acids is 2. The number of hydrogen-bond acceptors (Lipinski definition) is 5. The molecule has 248 valence electrons. The zero-order valence-electron chi connectivity index (χ0n) is 28.6. The van der Waals surface area contributed by atoms with Gasteiger partial charge in [-0.1, -0.05) is 143 Å². The number of rotatable bonds is 26. The summed E-state index contributed by atoms with van der Waals surface area (Å²) < 4.78 is 5.17. The van der Waals surface area contributed by atoms with E-state index in [9.17, 15) is 19.8 Å². The number of aliphatic hydroxyl groups is 1. The lowest BCUT2D eigenvalue weighted by molar-refractivity contribution is -0.149. The Balaban J connectivity index is 2.00. The fraction of sp³-hybridized carbons (Fsp3) is 0.789. The molecular weight excluding hydrogens is 536 g/mol. The van der Waals surface area contributed by atoms with Gasteiger partial charge in [-0.2, -0.15) is 0 Å². The first kappa shape index (κ1) is 39.1. The first-order chi connectivity index (χ1) is 20.6. The van der Waals surface area contributed by atoms with Crippen molar-refractivity contribution in [2.45, 2.75) is 187 Å². The fourth-order valence-electron chi connectivity index (χ4n) is 5.70. The molecule has 0 saturated heterocycles. The average Bonchev–Trinajstić information content (AvgIpc) is 2.96. The van der Waals surface area contributed by atoms with Crippen LogP contribution in [0, 0.1) is 6.92 Å². The van der Waals surface area contributed by atoms with E-state index in [1.54, 1.807) is 0 Å². The molecule has 1 atom stereocenters. The smallest absolute Gasteiger partial charge is 0.305 e. The molecule has 0 saturated carbocycles. The third kappa shape index (κ3) is 19.2. The van der Waals surface area contributed by atoms with Crippen molar-refractivity contribution < 1.29 is 24.5 Å². The number of Topliss-reactive ketones (excluding diaryl/α,β-unsaturated/α-hetero) is 1. The monoisotopic (exact) mass is 602 g/mol. The lowest BCUT2D eigenvalue weighted by Gasteiger charge is -2.22. The summed E-state index contributed by atoms with van der Waals surface area (Å²) in [6.45, 7) is 10.3. The van der Waals surface area contributed by atoms with Crippen LogP contribution < -0.4 is 0 Å². The number of phenols is 1. The van der Waals surface area contributed by atoms with Crippen molar-refractivity contribution in [3.63, 3.8) is 0 Å². The zero-order chi connectivity index (χ0) is 31.9. The molecule has 5 heteroatoms. The molecular formula is C38H66O5. The van der Waals surface area contributed by atoms with E-state index in [2.05, 4.69) is 39.8 Å². The number of ether oxygens (including phenoxy) is 1. The van der Waals surface area contributed by atoms with Gasteiger partial charge in [0.1, 0.15) is 18.5 Å². The van der Waals surface area contributed by atoms with Gasteiger partial charge in [0.05, 0.1) is 0 Å². The van der Waals surface area contributed by atoms with E-state index < -0.39 is 6.10 Å². The second-order valence-electron chi connectivity index (χ2n) is 13.8. The van der Waals surface area contributed by atoms with Crippen LogP contribution in [0.1, 0.15) is 179 Å². The molecule has 1 aromatic rings. The predicted molar refractivity (Wildman–Crippen MR) is 180 cm³/mol. The number of esters is 1. The maximum Gasteiger partial charge on any atom is 0.305 e. The van der Waals surface area contributed by atoms with Gasteiger partial charge in [-0.25, -0.2) is 0 Å². The third-order valence-electron chi connectivity index (χ3n) is 8.57. The number of aryl methyl sites for hydroxylation is 2. The predicted octanol–water partition coefficient (Wildman–Crippen LogP) is 10.2. The summed E-state index contributed by atoms with van der Waals surface area (Å²) in [4.78, 5) is 24.3. The Morgan fingerprint density at radius 3 is 1.70 bits per heavy atom. The molecule has 0 amide bonds.